The molecule has 1 atom stereocenters. The molecule has 0 aliphatic heterocycles. The Kier molecular flexibility index (Phi) is 3.31. The van der Waals surface area contributed by atoms with Crippen molar-refractivity contribution >= 4 is 5.91 Å². The smallest absolute Gasteiger partial charge is 0.355 e. The standard InChI is InChI=1S/C5H9F3N2O/c1-2-10-4(11)3(9)5(6,7)8/h3H,2,9H2,1H3,(H,10,11). The van der Waals surface area contributed by atoms with Crippen molar-refractivity contribution in [3.05, 3.63) is 0 Å². The minimum Gasteiger partial charge on any atom is -0.355 e. The number of hydrogen-bond acceptors (Lipinski definition) is 2. The van der Waals surface area contributed by atoms with Crippen LogP contribution in [0.5, 0.6) is 0 Å². The zero-order valence-electron chi connectivity index (χ0n) is 5.90. The van der Waals surface area contributed by atoms with Gasteiger partial charge in [-0.3, -0.25) is 4.79 Å². The first-order chi connectivity index (χ1) is 4.89. The molecule has 0 aliphatic rings. The lowest BCUT2D eigenvalue weighted by molar-refractivity contribution is -0.162. The Morgan fingerprint density at radius 2 is 2.09 bits per heavy atom. The molecule has 11 heavy (non-hydrogen) atoms. The van der Waals surface area contributed by atoms with E-state index in [1.54, 1.807) is 0 Å². The zero-order valence-corrected chi connectivity index (χ0v) is 5.90. The number of rotatable bonds is 2. The molecule has 0 saturated heterocycles. The monoisotopic (exact) mass is 170 g/mol. The summed E-state index contributed by atoms with van der Waals surface area (Å²) in [5, 5.41) is 1.97. The summed E-state index contributed by atoms with van der Waals surface area (Å²) in [5.74, 6) is -1.19. The lowest BCUT2D eigenvalue weighted by Gasteiger charge is -2.13. The summed E-state index contributed by atoms with van der Waals surface area (Å²) in [5.41, 5.74) is 4.54. The van der Waals surface area contributed by atoms with Crippen LogP contribution in [0.25, 0.3) is 0 Å². The van der Waals surface area contributed by atoms with Crippen LogP contribution in [0, 0.1) is 0 Å². The van der Waals surface area contributed by atoms with Gasteiger partial charge in [-0.05, 0) is 6.92 Å². The minimum absolute atomic E-state index is 0.141. The SMILES string of the molecule is CCNC(=O)C(N)C(F)(F)F. The second-order valence-electron chi connectivity index (χ2n) is 1.91. The van der Waals surface area contributed by atoms with Crippen molar-refractivity contribution in [1.82, 2.24) is 5.32 Å². The Bertz CT molecular complexity index is 145. The molecule has 0 heterocycles. The third kappa shape index (κ3) is 3.22. The number of amides is 1. The minimum atomic E-state index is -4.65. The van der Waals surface area contributed by atoms with E-state index >= 15 is 0 Å². The molecule has 3 N–H and O–H groups in total. The molecule has 0 aliphatic carbocycles. The average Bonchev–Trinajstić information content (AvgIpc) is 1.85. The Morgan fingerprint density at radius 3 is 2.36 bits per heavy atom. The van der Waals surface area contributed by atoms with Gasteiger partial charge in [-0.15, -0.1) is 0 Å². The van der Waals surface area contributed by atoms with Gasteiger partial charge in [-0.1, -0.05) is 0 Å². The lowest BCUT2D eigenvalue weighted by atomic mass is 10.3. The normalized spacial score (nSPS) is 14.3. The largest absolute Gasteiger partial charge is 0.412 e. The van der Waals surface area contributed by atoms with E-state index in [9.17, 15) is 18.0 Å². The summed E-state index contributed by atoms with van der Waals surface area (Å²) < 4.78 is 34.9. The third-order valence-corrected chi connectivity index (χ3v) is 0.986. The first kappa shape index (κ1) is 10.2. The Labute approximate surface area is 61.7 Å². The molecule has 0 aromatic carbocycles. The molecule has 6 heteroatoms. The summed E-state index contributed by atoms with van der Waals surface area (Å²) in [7, 11) is 0. The van der Waals surface area contributed by atoms with Crippen molar-refractivity contribution in [2.45, 2.75) is 19.1 Å². The van der Waals surface area contributed by atoms with Crippen molar-refractivity contribution < 1.29 is 18.0 Å². The molecule has 0 radical (unpaired) electrons. The van der Waals surface area contributed by atoms with E-state index in [0.717, 1.165) is 0 Å². The van der Waals surface area contributed by atoms with E-state index in [1.165, 1.54) is 6.92 Å². The molecule has 1 unspecified atom stereocenters. The summed E-state index contributed by atoms with van der Waals surface area (Å²) >= 11 is 0. The van der Waals surface area contributed by atoms with Crippen molar-refractivity contribution in [3.63, 3.8) is 0 Å². The molecule has 3 nitrogen and oxygen atoms in total. The molecule has 66 valence electrons. The van der Waals surface area contributed by atoms with Crippen LogP contribution in [0.3, 0.4) is 0 Å². The van der Waals surface area contributed by atoms with Crippen LogP contribution in [0.1, 0.15) is 6.92 Å². The average molecular weight is 170 g/mol. The Hall–Kier alpha value is -0.780. The van der Waals surface area contributed by atoms with Gasteiger partial charge in [0.1, 0.15) is 0 Å². The van der Waals surface area contributed by atoms with Crippen molar-refractivity contribution in [1.29, 1.82) is 0 Å². The topological polar surface area (TPSA) is 55.1 Å². The first-order valence-corrected chi connectivity index (χ1v) is 2.99. The fraction of sp³-hybridized carbons (Fsp3) is 0.800. The van der Waals surface area contributed by atoms with Crippen LogP contribution in [0.2, 0.25) is 0 Å². The van der Waals surface area contributed by atoms with Crippen LogP contribution < -0.4 is 11.1 Å². The second-order valence-corrected chi connectivity index (χ2v) is 1.91. The van der Waals surface area contributed by atoms with Gasteiger partial charge in [0.25, 0.3) is 0 Å². The molecule has 0 fully saturated rings. The van der Waals surface area contributed by atoms with Gasteiger partial charge in [-0.2, -0.15) is 13.2 Å². The van der Waals surface area contributed by atoms with Gasteiger partial charge >= 0.3 is 6.18 Å². The Morgan fingerprint density at radius 1 is 1.64 bits per heavy atom. The summed E-state index contributed by atoms with van der Waals surface area (Å²) in [6.45, 7) is 1.66. The van der Waals surface area contributed by atoms with Gasteiger partial charge in [0.05, 0.1) is 0 Å². The number of nitrogens with two attached hydrogens (primary N) is 1. The number of carbonyl (C=O) groups is 1. The highest BCUT2D eigenvalue weighted by Crippen LogP contribution is 2.17. The fourth-order valence-electron chi connectivity index (χ4n) is 0.433. The van der Waals surface area contributed by atoms with Crippen LogP contribution in [0.15, 0.2) is 0 Å². The molecule has 0 rings (SSSR count). The number of carbonyl (C=O) groups excluding carboxylic acids is 1. The zero-order chi connectivity index (χ0) is 9.07. The molecule has 0 spiro atoms. The highest BCUT2D eigenvalue weighted by atomic mass is 19.4. The molecule has 0 aromatic rings. The maximum absolute atomic E-state index is 11.6. The molecule has 1 amide bonds. The maximum Gasteiger partial charge on any atom is 0.412 e. The van der Waals surface area contributed by atoms with Crippen LogP contribution in [0.4, 0.5) is 13.2 Å². The number of hydrogen-bond donors (Lipinski definition) is 2. The van der Waals surface area contributed by atoms with Crippen molar-refractivity contribution in [3.8, 4) is 0 Å². The van der Waals surface area contributed by atoms with Crippen molar-refractivity contribution in [2.75, 3.05) is 6.54 Å². The van der Waals surface area contributed by atoms with E-state index in [1.807, 2.05) is 5.32 Å². The Balaban J connectivity index is 4.03. The second kappa shape index (κ2) is 3.56. The van der Waals surface area contributed by atoms with Crippen LogP contribution in [-0.2, 0) is 4.79 Å². The predicted octanol–water partition coefficient (Wildman–Crippen LogP) is 0.0121. The van der Waals surface area contributed by atoms with Crippen molar-refractivity contribution in [2.24, 2.45) is 5.73 Å². The highest BCUT2D eigenvalue weighted by Gasteiger charge is 2.41. The molecule has 0 bridgehead atoms. The van der Waals surface area contributed by atoms with Gasteiger partial charge < -0.3 is 11.1 Å². The highest BCUT2D eigenvalue weighted by molar-refractivity contribution is 5.82. The quantitative estimate of drug-likeness (QED) is 0.613. The molecular weight excluding hydrogens is 161 g/mol. The van der Waals surface area contributed by atoms with E-state index in [4.69, 9.17) is 0 Å². The van der Waals surface area contributed by atoms with Crippen LogP contribution in [-0.4, -0.2) is 24.7 Å². The third-order valence-electron chi connectivity index (χ3n) is 0.986. The fourth-order valence-corrected chi connectivity index (χ4v) is 0.433. The van der Waals surface area contributed by atoms with Gasteiger partial charge in [-0.25, -0.2) is 0 Å². The summed E-state index contributed by atoms with van der Waals surface area (Å²) in [4.78, 5) is 10.4. The van der Waals surface area contributed by atoms with E-state index in [-0.39, 0.29) is 6.54 Å². The summed E-state index contributed by atoms with van der Waals surface area (Å²) in [6, 6.07) is -2.41. The van der Waals surface area contributed by atoms with Gasteiger partial charge in [0, 0.05) is 6.54 Å². The van der Waals surface area contributed by atoms with Gasteiger partial charge in [0.2, 0.25) is 5.91 Å². The van der Waals surface area contributed by atoms with Crippen LogP contribution >= 0.6 is 0 Å². The molecule has 0 aromatic heterocycles. The molecular formula is C5H9F3N2O. The lowest BCUT2D eigenvalue weighted by Crippen LogP contribution is -2.50. The van der Waals surface area contributed by atoms with Gasteiger partial charge in [0.15, 0.2) is 6.04 Å². The molecule has 0 saturated carbocycles. The number of nitrogens with one attached hydrogen (secondary N) is 1. The number of halogens is 3. The van der Waals surface area contributed by atoms with E-state index < -0.39 is 18.1 Å². The maximum atomic E-state index is 11.6. The summed E-state index contributed by atoms with van der Waals surface area (Å²) in [6.07, 6.45) is -4.65. The first-order valence-electron chi connectivity index (χ1n) is 2.99. The van der Waals surface area contributed by atoms with E-state index in [0.29, 0.717) is 0 Å². The van der Waals surface area contributed by atoms with E-state index in [2.05, 4.69) is 5.73 Å². The predicted molar refractivity (Wildman–Crippen MR) is 32.7 cm³/mol. The number of likely N-dealkylation sites (N-methyl/N-ethyl adjacent to an activating group) is 1. The number of alkyl halides is 3.